The lowest BCUT2D eigenvalue weighted by Crippen LogP contribution is -2.60. The van der Waals surface area contributed by atoms with Crippen molar-refractivity contribution in [1.29, 1.82) is 0 Å². The number of aromatic nitrogens is 1. The number of carbonyl (C=O) groups is 2. The molecule has 124 valence electrons. The molecular weight excluding hydrogens is 301 g/mol. The highest BCUT2D eigenvalue weighted by atomic mass is 19.1. The van der Waals surface area contributed by atoms with Gasteiger partial charge in [-0.15, -0.1) is 0 Å². The summed E-state index contributed by atoms with van der Waals surface area (Å²) in [7, 11) is 0. The van der Waals surface area contributed by atoms with E-state index in [1.54, 1.807) is 0 Å². The van der Waals surface area contributed by atoms with Crippen LogP contribution in [0, 0.1) is 5.82 Å². The Morgan fingerprint density at radius 3 is 3.09 bits per heavy atom. The van der Waals surface area contributed by atoms with Gasteiger partial charge in [-0.2, -0.15) is 0 Å². The van der Waals surface area contributed by atoms with Crippen molar-refractivity contribution in [3.05, 3.63) is 29.8 Å². The maximum absolute atomic E-state index is 13.6. The lowest BCUT2D eigenvalue weighted by atomic mass is 9.92. The van der Waals surface area contributed by atoms with E-state index >= 15 is 0 Å². The second-order valence-corrected chi connectivity index (χ2v) is 5.97. The molecule has 0 radical (unpaired) electrons. The number of hydrogen-bond donors (Lipinski definition) is 2. The smallest absolute Gasteiger partial charge is 0.226 e. The molecule has 2 fully saturated rings. The molecule has 2 saturated heterocycles. The number of ether oxygens (including phenoxy) is 1. The summed E-state index contributed by atoms with van der Waals surface area (Å²) in [5, 5.41) is 5.82. The quantitative estimate of drug-likeness (QED) is 0.856. The molecule has 0 bridgehead atoms. The first kappa shape index (κ1) is 15.9. The van der Waals surface area contributed by atoms with Crippen LogP contribution in [0.5, 0.6) is 0 Å². The van der Waals surface area contributed by atoms with Crippen LogP contribution in [0.15, 0.2) is 18.3 Å². The minimum Gasteiger partial charge on any atom is -0.376 e. The molecule has 23 heavy (non-hydrogen) atoms. The van der Waals surface area contributed by atoms with Gasteiger partial charge in [0.1, 0.15) is 5.82 Å². The van der Waals surface area contributed by atoms with E-state index in [0.717, 1.165) is 12.8 Å². The third-order valence-electron chi connectivity index (χ3n) is 4.32. The topological polar surface area (TPSA) is 80.3 Å². The van der Waals surface area contributed by atoms with Crippen LogP contribution < -0.4 is 10.6 Å². The monoisotopic (exact) mass is 321 g/mol. The van der Waals surface area contributed by atoms with E-state index in [1.807, 2.05) is 0 Å². The zero-order chi connectivity index (χ0) is 16.2. The van der Waals surface area contributed by atoms with Crippen molar-refractivity contribution in [1.82, 2.24) is 15.6 Å². The number of piperidine rings is 1. The van der Waals surface area contributed by atoms with E-state index in [2.05, 4.69) is 15.6 Å². The van der Waals surface area contributed by atoms with Gasteiger partial charge in [-0.05, 0) is 31.4 Å². The fourth-order valence-electron chi connectivity index (χ4n) is 3.18. The molecular formula is C16H20FN3O3. The minimum absolute atomic E-state index is 0.0215. The van der Waals surface area contributed by atoms with Gasteiger partial charge in [-0.1, -0.05) is 0 Å². The normalized spacial score (nSPS) is 27.5. The van der Waals surface area contributed by atoms with Crippen molar-refractivity contribution in [3.63, 3.8) is 0 Å². The summed E-state index contributed by atoms with van der Waals surface area (Å²) in [5.41, 5.74) is 0.124. The average Bonchev–Trinajstić information content (AvgIpc) is 3.05. The highest BCUT2D eigenvalue weighted by Crippen LogP contribution is 2.22. The number of carbonyl (C=O) groups excluding carboxylic acids is 2. The number of nitrogens with one attached hydrogen (secondary N) is 2. The molecule has 0 aromatic carbocycles. The molecule has 1 aromatic rings. The van der Waals surface area contributed by atoms with E-state index < -0.39 is 5.82 Å². The van der Waals surface area contributed by atoms with E-state index in [1.165, 1.54) is 18.3 Å². The van der Waals surface area contributed by atoms with Crippen LogP contribution in [-0.2, 0) is 20.7 Å². The third kappa shape index (κ3) is 3.85. The molecule has 7 heteroatoms. The Hall–Kier alpha value is -2.02. The molecule has 2 aliphatic heterocycles. The number of amides is 2. The summed E-state index contributed by atoms with van der Waals surface area (Å²) < 4.78 is 19.2. The first-order chi connectivity index (χ1) is 11.1. The van der Waals surface area contributed by atoms with Crippen molar-refractivity contribution in [3.8, 4) is 0 Å². The van der Waals surface area contributed by atoms with E-state index in [4.69, 9.17) is 4.74 Å². The molecule has 0 saturated carbocycles. The first-order valence-corrected chi connectivity index (χ1v) is 7.93. The summed E-state index contributed by atoms with van der Waals surface area (Å²) in [4.78, 5) is 27.8. The fraction of sp³-hybridized carbons (Fsp3) is 0.562. The standard InChI is InChI=1S/C16H20FN3O3/c17-10-3-1-7-18-12(10)9-15(22)19-11-5-6-14(21)20-16(11)13-4-2-8-23-13/h1,3,7,11,13,16H,2,4-6,8-9H2,(H,19,22)(H,20,21)/t11-,13?,16-/m0/s1. The van der Waals surface area contributed by atoms with E-state index in [9.17, 15) is 14.0 Å². The molecule has 6 nitrogen and oxygen atoms in total. The molecule has 3 rings (SSSR count). The largest absolute Gasteiger partial charge is 0.376 e. The lowest BCUT2D eigenvalue weighted by molar-refractivity contribution is -0.128. The SMILES string of the molecule is O=C(Cc1ncccc1F)N[C@H]1CCC(=O)N[C@@H]1C1CCCO1. The first-order valence-electron chi connectivity index (χ1n) is 7.93. The second-order valence-electron chi connectivity index (χ2n) is 5.97. The Bertz CT molecular complexity index is 590. The van der Waals surface area contributed by atoms with Gasteiger partial charge in [-0.3, -0.25) is 14.6 Å². The summed E-state index contributed by atoms with van der Waals surface area (Å²) in [6.45, 7) is 0.677. The number of nitrogens with zero attached hydrogens (tertiary/aromatic N) is 1. The van der Waals surface area contributed by atoms with Crippen LogP contribution in [-0.4, -0.2) is 41.6 Å². The average molecular weight is 321 g/mol. The van der Waals surface area contributed by atoms with Gasteiger partial charge in [0.15, 0.2) is 0 Å². The lowest BCUT2D eigenvalue weighted by Gasteiger charge is -2.36. The van der Waals surface area contributed by atoms with Crippen LogP contribution >= 0.6 is 0 Å². The van der Waals surface area contributed by atoms with Crippen molar-refractivity contribution in [2.45, 2.75) is 50.3 Å². The number of halogens is 1. The summed E-state index contributed by atoms with van der Waals surface area (Å²) in [6.07, 6.45) is 4.02. The van der Waals surface area contributed by atoms with Crippen LogP contribution in [0.25, 0.3) is 0 Å². The second kappa shape index (κ2) is 7.04. The summed E-state index contributed by atoms with van der Waals surface area (Å²) in [6, 6.07) is 2.35. The zero-order valence-electron chi connectivity index (χ0n) is 12.8. The maximum atomic E-state index is 13.6. The Kier molecular flexibility index (Phi) is 4.85. The van der Waals surface area contributed by atoms with Crippen LogP contribution in [0.3, 0.4) is 0 Å². The Labute approximate surface area is 133 Å². The van der Waals surface area contributed by atoms with Crippen molar-refractivity contribution in [2.75, 3.05) is 6.61 Å². The molecule has 0 spiro atoms. The molecule has 2 N–H and O–H groups in total. The molecule has 3 heterocycles. The predicted octanol–water partition coefficient (Wildman–Crippen LogP) is 0.706. The summed E-state index contributed by atoms with van der Waals surface area (Å²) in [5.74, 6) is -0.811. The van der Waals surface area contributed by atoms with E-state index in [-0.39, 0.29) is 42.1 Å². The fourth-order valence-corrected chi connectivity index (χ4v) is 3.18. The van der Waals surface area contributed by atoms with Gasteiger partial charge < -0.3 is 15.4 Å². The van der Waals surface area contributed by atoms with Crippen LogP contribution in [0.1, 0.15) is 31.4 Å². The Morgan fingerprint density at radius 2 is 2.35 bits per heavy atom. The van der Waals surface area contributed by atoms with Crippen LogP contribution in [0.2, 0.25) is 0 Å². The van der Waals surface area contributed by atoms with Gasteiger partial charge in [-0.25, -0.2) is 4.39 Å². The van der Waals surface area contributed by atoms with Crippen LogP contribution in [0.4, 0.5) is 4.39 Å². The van der Waals surface area contributed by atoms with Crippen molar-refractivity contribution in [2.24, 2.45) is 0 Å². The molecule has 2 aliphatic rings. The number of rotatable bonds is 4. The summed E-state index contributed by atoms with van der Waals surface area (Å²) >= 11 is 0. The minimum atomic E-state index is -0.490. The van der Waals surface area contributed by atoms with Crippen molar-refractivity contribution >= 4 is 11.8 Å². The zero-order valence-corrected chi connectivity index (χ0v) is 12.8. The molecule has 3 atom stereocenters. The van der Waals surface area contributed by atoms with Gasteiger partial charge in [0.2, 0.25) is 11.8 Å². The Balaban J connectivity index is 1.63. The number of hydrogen-bond acceptors (Lipinski definition) is 4. The van der Waals surface area contributed by atoms with E-state index in [0.29, 0.717) is 19.4 Å². The Morgan fingerprint density at radius 1 is 1.48 bits per heavy atom. The molecule has 1 aromatic heterocycles. The predicted molar refractivity (Wildman–Crippen MR) is 80.0 cm³/mol. The number of pyridine rings is 1. The van der Waals surface area contributed by atoms with Gasteiger partial charge in [0, 0.05) is 19.2 Å². The van der Waals surface area contributed by atoms with Crippen molar-refractivity contribution < 1.29 is 18.7 Å². The van der Waals surface area contributed by atoms with Gasteiger partial charge in [0.05, 0.1) is 30.3 Å². The highest BCUT2D eigenvalue weighted by molar-refractivity contribution is 5.80. The van der Waals surface area contributed by atoms with Gasteiger partial charge >= 0.3 is 0 Å². The highest BCUT2D eigenvalue weighted by Gasteiger charge is 2.37. The van der Waals surface area contributed by atoms with Gasteiger partial charge in [0.25, 0.3) is 0 Å². The molecule has 1 unspecified atom stereocenters. The maximum Gasteiger partial charge on any atom is 0.226 e. The third-order valence-corrected chi connectivity index (χ3v) is 4.32. The molecule has 0 aliphatic carbocycles. The molecule has 2 amide bonds.